The molecule has 0 aliphatic carbocycles. The lowest BCUT2D eigenvalue weighted by Crippen LogP contribution is -2.41. The first-order valence-electron chi connectivity index (χ1n) is 6.66. The van der Waals surface area contributed by atoms with Gasteiger partial charge in [-0.25, -0.2) is 0 Å². The number of phenols is 2. The van der Waals surface area contributed by atoms with Crippen LogP contribution in [0.5, 0.6) is 11.5 Å². The highest BCUT2D eigenvalue weighted by atomic mass is 16.5. The molecule has 1 aliphatic heterocycles. The average Bonchev–Trinajstić information content (AvgIpc) is 2.45. The molecule has 1 saturated heterocycles. The summed E-state index contributed by atoms with van der Waals surface area (Å²) in [5.41, 5.74) is -0.0535. The fourth-order valence-electron chi connectivity index (χ4n) is 2.35. The van der Waals surface area contributed by atoms with Crippen molar-refractivity contribution in [1.29, 1.82) is 0 Å². The second-order valence-corrected chi connectivity index (χ2v) is 4.76. The van der Waals surface area contributed by atoms with Crippen molar-refractivity contribution in [3.8, 4) is 11.5 Å². The van der Waals surface area contributed by atoms with Gasteiger partial charge in [-0.1, -0.05) is 6.07 Å². The normalized spacial score (nSPS) is 16.4. The number of carbonyl (C=O) groups is 1. The number of piperidine rings is 1. The van der Waals surface area contributed by atoms with E-state index in [1.54, 1.807) is 4.90 Å². The first kappa shape index (κ1) is 14.6. The number of nitrogens with zero attached hydrogens (tertiary/aromatic N) is 1. The number of likely N-dealkylation sites (tertiary alicyclic amines) is 1. The molecule has 1 aromatic carbocycles. The average molecular weight is 281 g/mol. The Kier molecular flexibility index (Phi) is 4.81. The van der Waals surface area contributed by atoms with Crippen molar-refractivity contribution in [3.63, 3.8) is 0 Å². The predicted octanol–water partition coefficient (Wildman–Crippen LogP) is 0.711. The molecule has 0 spiro atoms. The lowest BCUT2D eigenvalue weighted by atomic mass is 10.1. The number of hydrogen-bond acceptors (Lipinski definition) is 5. The monoisotopic (exact) mass is 281 g/mol. The smallest absolute Gasteiger partial charge is 0.261 e. The van der Waals surface area contributed by atoms with Crippen LogP contribution in [-0.4, -0.2) is 58.5 Å². The van der Waals surface area contributed by atoms with Gasteiger partial charge in [0.15, 0.2) is 0 Å². The summed E-state index contributed by atoms with van der Waals surface area (Å²) < 4.78 is 5.43. The zero-order valence-corrected chi connectivity index (χ0v) is 11.2. The summed E-state index contributed by atoms with van der Waals surface area (Å²) in [5, 5.41) is 28.1. The summed E-state index contributed by atoms with van der Waals surface area (Å²) >= 11 is 0. The molecule has 0 atom stereocenters. The minimum Gasteiger partial charge on any atom is -0.507 e. The Hall–Kier alpha value is -1.79. The lowest BCUT2D eigenvalue weighted by Gasteiger charge is -2.32. The number of phenolic OH excluding ortho intramolecular Hbond substituents is 2. The molecule has 1 amide bonds. The maximum absolute atomic E-state index is 12.3. The van der Waals surface area contributed by atoms with Gasteiger partial charge >= 0.3 is 0 Å². The molecule has 1 heterocycles. The molecular formula is C14H19NO5. The number of aliphatic hydroxyl groups excluding tert-OH is 1. The number of ether oxygens (including phenoxy) is 1. The standard InChI is InChI=1S/C14H19NO5/c16-8-9-20-10-4-6-15(7-5-10)14(19)13-11(17)2-1-3-12(13)18/h1-3,10,16-18H,4-9H2. The highest BCUT2D eigenvalue weighted by molar-refractivity contribution is 5.99. The summed E-state index contributed by atoms with van der Waals surface area (Å²) in [4.78, 5) is 13.9. The molecule has 3 N–H and O–H groups in total. The Labute approximate surface area is 117 Å². The summed E-state index contributed by atoms with van der Waals surface area (Å²) in [6, 6.07) is 4.24. The molecule has 2 rings (SSSR count). The van der Waals surface area contributed by atoms with Crippen molar-refractivity contribution in [2.24, 2.45) is 0 Å². The third kappa shape index (κ3) is 3.20. The summed E-state index contributed by atoms with van der Waals surface area (Å²) in [6.07, 6.45) is 1.41. The second-order valence-electron chi connectivity index (χ2n) is 4.76. The Bertz CT molecular complexity index is 448. The summed E-state index contributed by atoms with van der Waals surface area (Å²) in [6.45, 7) is 1.30. The van der Waals surface area contributed by atoms with E-state index in [4.69, 9.17) is 9.84 Å². The van der Waals surface area contributed by atoms with Crippen LogP contribution in [0.4, 0.5) is 0 Å². The van der Waals surface area contributed by atoms with Crippen LogP contribution in [0, 0.1) is 0 Å². The van der Waals surface area contributed by atoms with Gasteiger partial charge in [0.25, 0.3) is 5.91 Å². The molecule has 0 bridgehead atoms. The Balaban J connectivity index is 1.98. The van der Waals surface area contributed by atoms with Gasteiger partial charge < -0.3 is 25.0 Å². The van der Waals surface area contributed by atoms with Gasteiger partial charge in [0, 0.05) is 13.1 Å². The topological polar surface area (TPSA) is 90.2 Å². The van der Waals surface area contributed by atoms with Crippen molar-refractivity contribution in [2.75, 3.05) is 26.3 Å². The van der Waals surface area contributed by atoms with Crippen LogP contribution in [0.3, 0.4) is 0 Å². The van der Waals surface area contributed by atoms with Crippen LogP contribution in [-0.2, 0) is 4.74 Å². The van der Waals surface area contributed by atoms with Crippen LogP contribution < -0.4 is 0 Å². The van der Waals surface area contributed by atoms with Gasteiger partial charge in [-0.3, -0.25) is 4.79 Å². The Morgan fingerprint density at radius 2 is 1.85 bits per heavy atom. The molecule has 6 heteroatoms. The highest BCUT2D eigenvalue weighted by Crippen LogP contribution is 2.28. The third-order valence-electron chi connectivity index (χ3n) is 3.41. The molecule has 110 valence electrons. The van der Waals surface area contributed by atoms with Crippen molar-refractivity contribution < 1.29 is 24.9 Å². The van der Waals surface area contributed by atoms with Gasteiger partial charge in [-0.2, -0.15) is 0 Å². The fourth-order valence-corrected chi connectivity index (χ4v) is 2.35. The number of hydrogen-bond donors (Lipinski definition) is 3. The molecule has 0 aromatic heterocycles. The highest BCUT2D eigenvalue weighted by Gasteiger charge is 2.27. The molecular weight excluding hydrogens is 262 g/mol. The van der Waals surface area contributed by atoms with Crippen LogP contribution in [0.2, 0.25) is 0 Å². The van der Waals surface area contributed by atoms with Gasteiger partial charge in [0.2, 0.25) is 0 Å². The minimum absolute atomic E-state index is 0.00902. The van der Waals surface area contributed by atoms with E-state index >= 15 is 0 Å². The minimum atomic E-state index is -0.374. The van der Waals surface area contributed by atoms with E-state index in [1.165, 1.54) is 18.2 Å². The number of rotatable bonds is 4. The second kappa shape index (κ2) is 6.58. The summed E-state index contributed by atoms with van der Waals surface area (Å²) in [7, 11) is 0. The van der Waals surface area contributed by atoms with E-state index in [1.807, 2.05) is 0 Å². The molecule has 6 nitrogen and oxygen atoms in total. The first-order valence-corrected chi connectivity index (χ1v) is 6.66. The molecule has 1 aromatic rings. The van der Waals surface area contributed by atoms with Crippen LogP contribution in [0.25, 0.3) is 0 Å². The number of aliphatic hydroxyl groups is 1. The van der Waals surface area contributed by atoms with Crippen molar-refractivity contribution in [3.05, 3.63) is 23.8 Å². The summed E-state index contributed by atoms with van der Waals surface area (Å²) in [5.74, 6) is -0.802. The SMILES string of the molecule is O=C(c1c(O)cccc1O)N1CCC(OCCO)CC1. The van der Waals surface area contributed by atoms with E-state index in [0.717, 1.165) is 0 Å². The Morgan fingerprint density at radius 3 is 2.40 bits per heavy atom. The fraction of sp³-hybridized carbons (Fsp3) is 0.500. The number of benzene rings is 1. The van der Waals surface area contributed by atoms with E-state index < -0.39 is 0 Å². The van der Waals surface area contributed by atoms with Crippen molar-refractivity contribution >= 4 is 5.91 Å². The quantitative estimate of drug-likeness (QED) is 0.756. The van der Waals surface area contributed by atoms with Crippen molar-refractivity contribution in [2.45, 2.75) is 18.9 Å². The molecule has 20 heavy (non-hydrogen) atoms. The van der Waals surface area contributed by atoms with Crippen molar-refractivity contribution in [1.82, 2.24) is 4.90 Å². The molecule has 0 radical (unpaired) electrons. The van der Waals surface area contributed by atoms with E-state index in [-0.39, 0.29) is 35.7 Å². The zero-order chi connectivity index (χ0) is 14.5. The largest absolute Gasteiger partial charge is 0.507 e. The Morgan fingerprint density at radius 1 is 1.25 bits per heavy atom. The van der Waals surface area contributed by atoms with E-state index in [9.17, 15) is 15.0 Å². The van der Waals surface area contributed by atoms with Gasteiger partial charge in [0.05, 0.1) is 19.3 Å². The van der Waals surface area contributed by atoms with E-state index in [2.05, 4.69) is 0 Å². The van der Waals surface area contributed by atoms with Gasteiger partial charge in [-0.15, -0.1) is 0 Å². The molecule has 0 unspecified atom stereocenters. The molecule has 1 fully saturated rings. The molecule has 1 aliphatic rings. The van der Waals surface area contributed by atoms with Crippen LogP contribution in [0.15, 0.2) is 18.2 Å². The third-order valence-corrected chi connectivity index (χ3v) is 3.41. The number of carbonyl (C=O) groups excluding carboxylic acids is 1. The van der Waals surface area contributed by atoms with Crippen LogP contribution >= 0.6 is 0 Å². The molecule has 0 saturated carbocycles. The zero-order valence-electron chi connectivity index (χ0n) is 11.2. The predicted molar refractivity (Wildman–Crippen MR) is 71.7 cm³/mol. The lowest BCUT2D eigenvalue weighted by molar-refractivity contribution is -0.00562. The van der Waals surface area contributed by atoms with E-state index in [0.29, 0.717) is 32.5 Å². The number of aromatic hydroxyl groups is 2. The first-order chi connectivity index (χ1) is 9.63. The van der Waals surface area contributed by atoms with Crippen LogP contribution in [0.1, 0.15) is 23.2 Å². The van der Waals surface area contributed by atoms with Gasteiger partial charge in [0.1, 0.15) is 17.1 Å². The maximum atomic E-state index is 12.3. The number of amides is 1. The maximum Gasteiger partial charge on any atom is 0.261 e. The van der Waals surface area contributed by atoms with Gasteiger partial charge in [-0.05, 0) is 25.0 Å².